The van der Waals surface area contributed by atoms with E-state index in [1.807, 2.05) is 39.0 Å². The number of likely N-dealkylation sites (N-methyl/N-ethyl adjacent to an activating group) is 1. The minimum absolute atomic E-state index is 0.0619. The van der Waals surface area contributed by atoms with E-state index < -0.39 is 11.7 Å². The van der Waals surface area contributed by atoms with Gasteiger partial charge in [0.25, 0.3) is 5.91 Å². The van der Waals surface area contributed by atoms with Crippen molar-refractivity contribution >= 4 is 11.6 Å². The van der Waals surface area contributed by atoms with Crippen molar-refractivity contribution in [1.82, 2.24) is 24.9 Å². The Morgan fingerprint density at radius 3 is 2.55 bits per heavy atom. The Morgan fingerprint density at radius 1 is 1.24 bits per heavy atom. The number of allylic oxidation sites excluding steroid dienone is 4. The molecule has 2 aromatic heterocycles. The molecule has 7 nitrogen and oxygen atoms in total. The van der Waals surface area contributed by atoms with Crippen molar-refractivity contribution in [3.05, 3.63) is 65.7 Å². The number of hydrogen-bond donors (Lipinski definition) is 0. The van der Waals surface area contributed by atoms with Gasteiger partial charge in [0.15, 0.2) is 0 Å². The molecule has 0 fully saturated rings. The molecule has 0 aromatic carbocycles. The summed E-state index contributed by atoms with van der Waals surface area (Å²) in [6, 6.07) is 1.73. The Balaban J connectivity index is 1.79. The van der Waals surface area contributed by atoms with E-state index >= 15 is 0 Å². The molecule has 2 heterocycles. The van der Waals surface area contributed by atoms with Crippen molar-refractivity contribution in [2.24, 2.45) is 0 Å². The zero-order valence-electron chi connectivity index (χ0n) is 18.7. The molecular weight excluding hydrogens is 435 g/mol. The molecule has 3 rings (SSSR count). The van der Waals surface area contributed by atoms with Crippen LogP contribution in [-0.2, 0) is 11.0 Å². The summed E-state index contributed by atoms with van der Waals surface area (Å²) in [5.41, 5.74) is 1.25. The van der Waals surface area contributed by atoms with Crippen LogP contribution in [0.25, 0.3) is 5.70 Å². The highest BCUT2D eigenvalue weighted by Gasteiger charge is 2.31. The van der Waals surface area contributed by atoms with E-state index in [2.05, 4.69) is 15.2 Å². The number of pyridine rings is 1. The van der Waals surface area contributed by atoms with Gasteiger partial charge in [-0.3, -0.25) is 4.79 Å². The third-order valence-corrected chi connectivity index (χ3v) is 5.31. The van der Waals surface area contributed by atoms with E-state index in [0.29, 0.717) is 30.7 Å². The molecular formula is C23H26F3N5O2. The zero-order valence-corrected chi connectivity index (χ0v) is 18.7. The second kappa shape index (κ2) is 10.5. The van der Waals surface area contributed by atoms with Crippen molar-refractivity contribution in [2.45, 2.75) is 45.8 Å². The minimum Gasteiger partial charge on any atom is -0.475 e. The van der Waals surface area contributed by atoms with Crippen LogP contribution in [0.1, 0.15) is 39.2 Å². The van der Waals surface area contributed by atoms with Gasteiger partial charge < -0.3 is 9.64 Å². The predicted octanol–water partition coefficient (Wildman–Crippen LogP) is 4.52. The molecule has 176 valence electrons. The summed E-state index contributed by atoms with van der Waals surface area (Å²) in [5.74, 6) is -0.120. The topological polar surface area (TPSA) is 73.1 Å². The van der Waals surface area contributed by atoms with E-state index in [9.17, 15) is 18.0 Å². The van der Waals surface area contributed by atoms with Crippen molar-refractivity contribution < 1.29 is 22.7 Å². The fourth-order valence-corrected chi connectivity index (χ4v) is 3.55. The molecule has 1 atom stereocenters. The summed E-state index contributed by atoms with van der Waals surface area (Å²) in [5, 5.41) is 8.40. The molecule has 0 unspecified atom stereocenters. The lowest BCUT2D eigenvalue weighted by Gasteiger charge is -2.30. The van der Waals surface area contributed by atoms with Crippen LogP contribution in [0.2, 0.25) is 0 Å². The number of rotatable bonds is 8. The van der Waals surface area contributed by atoms with Gasteiger partial charge in [-0.15, -0.1) is 0 Å². The largest absolute Gasteiger partial charge is 0.475 e. The van der Waals surface area contributed by atoms with Gasteiger partial charge >= 0.3 is 6.18 Å². The minimum atomic E-state index is -4.46. The molecule has 0 spiro atoms. The van der Waals surface area contributed by atoms with Gasteiger partial charge in [-0.2, -0.15) is 28.2 Å². The predicted molar refractivity (Wildman–Crippen MR) is 117 cm³/mol. The maximum Gasteiger partial charge on any atom is 0.417 e. The normalized spacial score (nSPS) is 15.2. The first-order chi connectivity index (χ1) is 15.8. The fraction of sp³-hybridized carbons (Fsp3) is 0.391. The highest BCUT2D eigenvalue weighted by molar-refractivity contribution is 6.06. The first kappa shape index (κ1) is 24.2. The number of nitrogens with zero attached hydrogens (tertiary/aromatic N) is 5. The standard InChI is InChI=1S/C23H26F3N5O2/c1-4-17-8-6-7-9-19(31-28-12-13-29-31)21(17)22(32)30(5-2)16(3)15-33-20-11-10-18(14-27-20)23(24,25)26/h6-7,9-14,16H,4-5,8,15H2,1-3H3/t16-/m0/s1. The highest BCUT2D eigenvalue weighted by Crippen LogP contribution is 2.30. The summed E-state index contributed by atoms with van der Waals surface area (Å²) in [6.07, 6.45) is 6.37. The van der Waals surface area contributed by atoms with Crippen LogP contribution in [0.3, 0.4) is 0 Å². The van der Waals surface area contributed by atoms with Gasteiger partial charge in [-0.05, 0) is 38.8 Å². The monoisotopic (exact) mass is 461 g/mol. The maximum absolute atomic E-state index is 13.7. The molecule has 0 radical (unpaired) electrons. The fourth-order valence-electron chi connectivity index (χ4n) is 3.55. The molecule has 0 saturated heterocycles. The summed E-state index contributed by atoms with van der Waals surface area (Å²) in [4.78, 5) is 20.5. The molecule has 2 aromatic rings. The number of alkyl halides is 3. The number of carbonyl (C=O) groups excluding carboxylic acids is 1. The lowest BCUT2D eigenvalue weighted by Crippen LogP contribution is -2.43. The molecule has 0 N–H and O–H groups in total. The van der Waals surface area contributed by atoms with E-state index in [4.69, 9.17) is 4.74 Å². The number of aromatic nitrogens is 4. The number of ether oxygens (including phenoxy) is 1. The second-order valence-electron chi connectivity index (χ2n) is 7.47. The Kier molecular flexibility index (Phi) is 7.67. The molecule has 10 heteroatoms. The van der Waals surface area contributed by atoms with Gasteiger partial charge in [0.2, 0.25) is 5.88 Å². The average molecular weight is 461 g/mol. The van der Waals surface area contributed by atoms with Crippen LogP contribution < -0.4 is 4.74 Å². The molecule has 1 amide bonds. The first-order valence-corrected chi connectivity index (χ1v) is 10.7. The van der Waals surface area contributed by atoms with Gasteiger partial charge in [-0.1, -0.05) is 24.6 Å². The summed E-state index contributed by atoms with van der Waals surface area (Å²) in [6.45, 7) is 6.17. The maximum atomic E-state index is 13.7. The molecule has 1 aliphatic carbocycles. The number of carbonyl (C=O) groups is 1. The average Bonchev–Trinajstić information content (AvgIpc) is 3.24. The molecule has 0 bridgehead atoms. The van der Waals surface area contributed by atoms with Crippen molar-refractivity contribution in [3.8, 4) is 5.88 Å². The lowest BCUT2D eigenvalue weighted by molar-refractivity contribution is -0.138. The van der Waals surface area contributed by atoms with Gasteiger partial charge in [0, 0.05) is 18.8 Å². The second-order valence-corrected chi connectivity index (χ2v) is 7.47. The van der Waals surface area contributed by atoms with Gasteiger partial charge in [0.05, 0.1) is 35.3 Å². The van der Waals surface area contributed by atoms with Crippen LogP contribution in [0.4, 0.5) is 13.2 Å². The Hall–Kier alpha value is -3.43. The summed E-state index contributed by atoms with van der Waals surface area (Å²) >= 11 is 0. The van der Waals surface area contributed by atoms with Crippen LogP contribution >= 0.6 is 0 Å². The van der Waals surface area contributed by atoms with E-state index in [-0.39, 0.29) is 24.4 Å². The smallest absolute Gasteiger partial charge is 0.417 e. The van der Waals surface area contributed by atoms with Crippen LogP contribution in [0.15, 0.2) is 60.1 Å². The molecule has 0 saturated carbocycles. The summed E-state index contributed by atoms with van der Waals surface area (Å²) < 4.78 is 43.8. The Labute approximate surface area is 190 Å². The number of amides is 1. The van der Waals surface area contributed by atoms with Gasteiger partial charge in [0.1, 0.15) is 6.61 Å². The third-order valence-electron chi connectivity index (χ3n) is 5.31. The van der Waals surface area contributed by atoms with Crippen LogP contribution in [0.5, 0.6) is 5.88 Å². The Bertz CT molecular complexity index is 1040. The highest BCUT2D eigenvalue weighted by atomic mass is 19.4. The van der Waals surface area contributed by atoms with Crippen molar-refractivity contribution in [2.75, 3.05) is 13.2 Å². The van der Waals surface area contributed by atoms with E-state index in [1.165, 1.54) is 10.9 Å². The number of halogens is 3. The Morgan fingerprint density at radius 2 is 1.97 bits per heavy atom. The van der Waals surface area contributed by atoms with Crippen LogP contribution in [-0.4, -0.2) is 50.0 Å². The zero-order chi connectivity index (χ0) is 24.0. The van der Waals surface area contributed by atoms with Gasteiger partial charge in [-0.25, -0.2) is 4.98 Å². The van der Waals surface area contributed by atoms with E-state index in [1.54, 1.807) is 17.3 Å². The first-order valence-electron chi connectivity index (χ1n) is 10.7. The van der Waals surface area contributed by atoms with E-state index in [0.717, 1.165) is 17.8 Å². The lowest BCUT2D eigenvalue weighted by atomic mass is 9.99. The molecule has 1 aliphatic rings. The quantitative estimate of drug-likeness (QED) is 0.578. The molecule has 0 aliphatic heterocycles. The summed E-state index contributed by atoms with van der Waals surface area (Å²) in [7, 11) is 0. The SMILES string of the molecule is CCC1=C(C(=O)N(CC)[C@@H](C)COc2ccc(C(F)(F)F)cn2)C(n2nccn2)=CC=CC1. The van der Waals surface area contributed by atoms with Crippen LogP contribution in [0, 0.1) is 0 Å². The number of hydrogen-bond acceptors (Lipinski definition) is 5. The van der Waals surface area contributed by atoms with Crippen molar-refractivity contribution in [1.29, 1.82) is 0 Å². The molecule has 33 heavy (non-hydrogen) atoms. The third kappa shape index (κ3) is 5.68. The van der Waals surface area contributed by atoms with Crippen molar-refractivity contribution in [3.63, 3.8) is 0 Å².